The first kappa shape index (κ1) is 23.1. The number of aryl methyl sites for hydroxylation is 1. The van der Waals surface area contributed by atoms with E-state index in [0.29, 0.717) is 36.7 Å². The van der Waals surface area contributed by atoms with Gasteiger partial charge in [-0.15, -0.1) is 0 Å². The van der Waals surface area contributed by atoms with Crippen LogP contribution in [0.5, 0.6) is 0 Å². The molecule has 0 spiro atoms. The van der Waals surface area contributed by atoms with Crippen molar-refractivity contribution in [2.24, 2.45) is 0 Å². The van der Waals surface area contributed by atoms with Gasteiger partial charge in [0.05, 0.1) is 16.6 Å². The zero-order chi connectivity index (χ0) is 22.8. The van der Waals surface area contributed by atoms with Crippen molar-refractivity contribution in [1.29, 1.82) is 0 Å². The van der Waals surface area contributed by atoms with Crippen LogP contribution in [-0.4, -0.2) is 20.4 Å². The van der Waals surface area contributed by atoms with Gasteiger partial charge in [0.2, 0.25) is 0 Å². The van der Waals surface area contributed by atoms with Crippen molar-refractivity contribution in [1.82, 2.24) is 9.55 Å². The summed E-state index contributed by atoms with van der Waals surface area (Å²) in [5.41, 5.74) is 0.183. The number of carbonyl (C=O) groups excluding carboxylic acids is 1. The molecule has 1 N–H and O–H groups in total. The van der Waals surface area contributed by atoms with Crippen LogP contribution >= 0.6 is 0 Å². The van der Waals surface area contributed by atoms with Gasteiger partial charge in [-0.05, 0) is 46.1 Å². The van der Waals surface area contributed by atoms with Crippen molar-refractivity contribution >= 4 is 16.8 Å². The largest absolute Gasteiger partial charge is 0.385 e. The number of fused-ring (bicyclic) bond motifs is 1. The number of Topliss-reactive ketones (excluding diaryl/α,β-unsaturated/α-hetero) is 1. The van der Waals surface area contributed by atoms with E-state index in [1.807, 2.05) is 55.7 Å². The first-order valence-electron chi connectivity index (χ1n) is 10.7. The molecule has 3 rings (SSSR count). The number of aromatic nitrogens is 2. The monoisotopic (exact) mass is 428 g/mol. The molecule has 0 aliphatic carbocycles. The molecule has 0 saturated carbocycles. The molecule has 0 fully saturated rings. The lowest BCUT2D eigenvalue weighted by atomic mass is 9.89. The van der Waals surface area contributed by atoms with Crippen LogP contribution < -0.4 is 0 Å². The minimum absolute atomic E-state index is 0.00215. The Hall–Kier alpha value is -2.60. The normalized spacial score (nSPS) is 14.0. The number of halogens is 2. The summed E-state index contributed by atoms with van der Waals surface area (Å²) in [4.78, 5) is 16.9. The molecule has 166 valence electrons. The van der Waals surface area contributed by atoms with Crippen LogP contribution in [0.2, 0.25) is 0 Å². The van der Waals surface area contributed by atoms with Crippen molar-refractivity contribution in [2.45, 2.75) is 70.9 Å². The lowest BCUT2D eigenvalue weighted by Crippen LogP contribution is -2.25. The van der Waals surface area contributed by atoms with Gasteiger partial charge in [-0.25, -0.2) is 13.8 Å². The standard InChI is InChI=1S/C25H30F2N2O2/c1-24(2,3)29-22-15-20(27)19(26)14-21(22)28-23(29)13-9-8-12-18(30)16-25(4,31)17-10-6-5-7-11-17/h5-7,10-11,14-15,31H,8-9,12-13,16H2,1-4H3/t25-/m0/s1. The molecule has 1 heterocycles. The van der Waals surface area contributed by atoms with Crippen LogP contribution in [0.3, 0.4) is 0 Å². The molecule has 0 bridgehead atoms. The Morgan fingerprint density at radius 1 is 1.03 bits per heavy atom. The number of ketones is 1. The van der Waals surface area contributed by atoms with E-state index in [-0.39, 0.29) is 17.7 Å². The lowest BCUT2D eigenvalue weighted by Gasteiger charge is -2.25. The molecular formula is C25H30F2N2O2. The highest BCUT2D eigenvalue weighted by Gasteiger charge is 2.26. The summed E-state index contributed by atoms with van der Waals surface area (Å²) >= 11 is 0. The Balaban J connectivity index is 1.63. The number of hydrogen-bond donors (Lipinski definition) is 1. The van der Waals surface area contributed by atoms with Gasteiger partial charge >= 0.3 is 0 Å². The SMILES string of the molecule is CC(C)(C)n1c(CCCCC(=O)C[C@](C)(O)c2ccccc2)nc2cc(F)c(F)cc21. The predicted octanol–water partition coefficient (Wildman–Crippen LogP) is 5.65. The highest BCUT2D eigenvalue weighted by atomic mass is 19.2. The van der Waals surface area contributed by atoms with Gasteiger partial charge in [-0.1, -0.05) is 30.3 Å². The fraction of sp³-hybridized carbons (Fsp3) is 0.440. The van der Waals surface area contributed by atoms with Gasteiger partial charge in [0.1, 0.15) is 11.6 Å². The van der Waals surface area contributed by atoms with E-state index in [4.69, 9.17) is 0 Å². The van der Waals surface area contributed by atoms with Crippen LogP contribution in [0.15, 0.2) is 42.5 Å². The van der Waals surface area contributed by atoms with Crippen molar-refractivity contribution in [3.8, 4) is 0 Å². The van der Waals surface area contributed by atoms with Gasteiger partial charge in [-0.2, -0.15) is 0 Å². The number of aliphatic hydroxyl groups is 1. The number of imidazole rings is 1. The summed E-state index contributed by atoms with van der Waals surface area (Å²) in [5, 5.41) is 10.6. The number of rotatable bonds is 8. The van der Waals surface area contributed by atoms with Crippen LogP contribution in [-0.2, 0) is 22.4 Å². The van der Waals surface area contributed by atoms with Gasteiger partial charge in [-0.3, -0.25) is 4.79 Å². The van der Waals surface area contributed by atoms with E-state index in [0.717, 1.165) is 17.5 Å². The summed E-state index contributed by atoms with van der Waals surface area (Å²) in [6, 6.07) is 11.5. The molecular weight excluding hydrogens is 398 g/mol. The van der Waals surface area contributed by atoms with Crippen LogP contribution in [0, 0.1) is 11.6 Å². The van der Waals surface area contributed by atoms with E-state index >= 15 is 0 Å². The number of benzene rings is 2. The minimum Gasteiger partial charge on any atom is -0.385 e. The van der Waals surface area contributed by atoms with Gasteiger partial charge in [0.25, 0.3) is 0 Å². The molecule has 0 amide bonds. The van der Waals surface area contributed by atoms with E-state index in [2.05, 4.69) is 4.98 Å². The molecule has 0 aliphatic rings. The fourth-order valence-electron chi connectivity index (χ4n) is 4.02. The molecule has 0 radical (unpaired) electrons. The molecule has 1 aromatic heterocycles. The van der Waals surface area contributed by atoms with Crippen LogP contribution in [0.25, 0.3) is 11.0 Å². The van der Waals surface area contributed by atoms with Gasteiger partial charge in [0, 0.05) is 36.9 Å². The Morgan fingerprint density at radius 2 is 1.68 bits per heavy atom. The maximum Gasteiger partial charge on any atom is 0.161 e. The molecule has 0 unspecified atom stereocenters. The molecule has 4 nitrogen and oxygen atoms in total. The summed E-state index contributed by atoms with van der Waals surface area (Å²) in [6.45, 7) is 7.64. The molecule has 3 aromatic rings. The van der Waals surface area contributed by atoms with E-state index in [9.17, 15) is 18.7 Å². The number of nitrogens with zero attached hydrogens (tertiary/aromatic N) is 2. The second-order valence-corrected chi connectivity index (χ2v) is 9.35. The third-order valence-electron chi connectivity index (χ3n) is 5.48. The van der Waals surface area contributed by atoms with E-state index in [1.165, 1.54) is 6.07 Å². The summed E-state index contributed by atoms with van der Waals surface area (Å²) in [5.74, 6) is -1.05. The number of carbonyl (C=O) groups is 1. The van der Waals surface area contributed by atoms with Crippen molar-refractivity contribution in [2.75, 3.05) is 0 Å². The van der Waals surface area contributed by atoms with Crippen molar-refractivity contribution < 1.29 is 18.7 Å². The molecule has 2 aromatic carbocycles. The van der Waals surface area contributed by atoms with Crippen molar-refractivity contribution in [3.05, 3.63) is 65.5 Å². The van der Waals surface area contributed by atoms with Crippen LogP contribution in [0.4, 0.5) is 8.78 Å². The third kappa shape index (κ3) is 5.37. The van der Waals surface area contributed by atoms with Crippen molar-refractivity contribution in [3.63, 3.8) is 0 Å². The number of unbranched alkanes of at least 4 members (excludes halogenated alkanes) is 1. The van der Waals surface area contributed by atoms with Gasteiger partial charge < -0.3 is 9.67 Å². The van der Waals surface area contributed by atoms with Gasteiger partial charge in [0.15, 0.2) is 11.6 Å². The molecule has 0 saturated heterocycles. The van der Waals surface area contributed by atoms with E-state index in [1.54, 1.807) is 6.92 Å². The molecule has 31 heavy (non-hydrogen) atoms. The predicted molar refractivity (Wildman–Crippen MR) is 118 cm³/mol. The molecule has 6 heteroatoms. The second kappa shape index (κ2) is 8.87. The fourth-order valence-corrected chi connectivity index (χ4v) is 4.02. The topological polar surface area (TPSA) is 55.1 Å². The summed E-state index contributed by atoms with van der Waals surface area (Å²) in [7, 11) is 0. The third-order valence-corrected chi connectivity index (χ3v) is 5.48. The Bertz CT molecular complexity index is 1070. The highest BCUT2D eigenvalue weighted by molar-refractivity contribution is 5.79. The van der Waals surface area contributed by atoms with Crippen LogP contribution in [0.1, 0.15) is 64.8 Å². The molecule has 0 aliphatic heterocycles. The minimum atomic E-state index is -1.19. The lowest BCUT2D eigenvalue weighted by molar-refractivity contribution is -0.123. The number of hydrogen-bond acceptors (Lipinski definition) is 3. The zero-order valence-corrected chi connectivity index (χ0v) is 18.6. The highest BCUT2D eigenvalue weighted by Crippen LogP contribution is 2.28. The first-order chi connectivity index (χ1) is 14.5. The smallest absolute Gasteiger partial charge is 0.161 e. The molecule has 1 atom stereocenters. The Morgan fingerprint density at radius 3 is 2.32 bits per heavy atom. The first-order valence-corrected chi connectivity index (χ1v) is 10.7. The average Bonchev–Trinajstić information content (AvgIpc) is 3.03. The maximum atomic E-state index is 13.8. The van der Waals surface area contributed by atoms with E-state index < -0.39 is 17.2 Å². The quantitative estimate of drug-likeness (QED) is 0.472. The second-order valence-electron chi connectivity index (χ2n) is 9.35. The maximum absolute atomic E-state index is 13.8. The zero-order valence-electron chi connectivity index (χ0n) is 18.6. The summed E-state index contributed by atoms with van der Waals surface area (Å²) in [6.07, 6.45) is 2.39. The Kier molecular flexibility index (Phi) is 6.60. The average molecular weight is 429 g/mol. The summed E-state index contributed by atoms with van der Waals surface area (Å²) < 4.78 is 29.4. The Labute approximate surface area is 181 Å².